The summed E-state index contributed by atoms with van der Waals surface area (Å²) >= 11 is 0. The maximum atomic E-state index is 12.1. The Bertz CT molecular complexity index is 323. The topological polar surface area (TPSA) is 49.6 Å². The summed E-state index contributed by atoms with van der Waals surface area (Å²) in [6, 6.07) is 0. The van der Waals surface area contributed by atoms with Crippen LogP contribution in [0.15, 0.2) is 11.8 Å². The zero-order chi connectivity index (χ0) is 13.8. The van der Waals surface area contributed by atoms with Crippen LogP contribution in [0.5, 0.6) is 0 Å². The largest absolute Gasteiger partial charge is 0.330 e. The van der Waals surface area contributed by atoms with Crippen molar-refractivity contribution in [2.24, 2.45) is 11.1 Å². The fourth-order valence-corrected chi connectivity index (χ4v) is 2.31. The van der Waals surface area contributed by atoms with Crippen molar-refractivity contribution in [1.29, 1.82) is 0 Å². The third-order valence-electron chi connectivity index (χ3n) is 3.48. The van der Waals surface area contributed by atoms with E-state index in [1.807, 2.05) is 14.1 Å². The van der Waals surface area contributed by atoms with E-state index in [1.54, 1.807) is 4.90 Å². The van der Waals surface area contributed by atoms with Gasteiger partial charge in [-0.05, 0) is 38.3 Å². The quantitative estimate of drug-likeness (QED) is 0.779. The second kappa shape index (κ2) is 6.34. The molecule has 0 aromatic carbocycles. The summed E-state index contributed by atoms with van der Waals surface area (Å²) in [5.41, 5.74) is 6.94. The summed E-state index contributed by atoms with van der Waals surface area (Å²) in [4.78, 5) is 16.0. The number of nitrogens with two attached hydrogens (primary N) is 1. The molecule has 0 aromatic rings. The van der Waals surface area contributed by atoms with Crippen LogP contribution in [0.25, 0.3) is 0 Å². The third-order valence-corrected chi connectivity index (χ3v) is 3.48. The number of allylic oxidation sites excluding steroid dienone is 2. The second-order valence-electron chi connectivity index (χ2n) is 6.08. The maximum absolute atomic E-state index is 12.1. The molecule has 1 aliphatic rings. The summed E-state index contributed by atoms with van der Waals surface area (Å²) in [6.07, 6.45) is 5.47. The molecule has 0 unspecified atom stereocenters. The van der Waals surface area contributed by atoms with E-state index in [0.29, 0.717) is 13.1 Å². The van der Waals surface area contributed by atoms with Gasteiger partial charge in [0, 0.05) is 19.3 Å². The standard InChI is InChI=1S/C14H27N3O/c1-14(2,10-15)11-16(3)9-13(18)17(4)12-7-5-6-8-12/h7H,5-6,8-11,15H2,1-4H3. The van der Waals surface area contributed by atoms with Gasteiger partial charge < -0.3 is 10.6 Å². The minimum absolute atomic E-state index is 0.0558. The van der Waals surface area contributed by atoms with Gasteiger partial charge in [0.15, 0.2) is 0 Å². The van der Waals surface area contributed by atoms with E-state index >= 15 is 0 Å². The predicted octanol–water partition coefficient (Wildman–Crippen LogP) is 1.43. The zero-order valence-corrected chi connectivity index (χ0v) is 12.2. The van der Waals surface area contributed by atoms with E-state index < -0.39 is 0 Å². The zero-order valence-electron chi connectivity index (χ0n) is 12.2. The van der Waals surface area contributed by atoms with Gasteiger partial charge in [-0.1, -0.05) is 19.9 Å². The van der Waals surface area contributed by atoms with Crippen molar-refractivity contribution in [2.75, 3.05) is 33.7 Å². The summed E-state index contributed by atoms with van der Waals surface area (Å²) in [5, 5.41) is 0. The van der Waals surface area contributed by atoms with Crippen LogP contribution in [-0.4, -0.2) is 49.4 Å². The number of hydrogen-bond donors (Lipinski definition) is 1. The van der Waals surface area contributed by atoms with Crippen LogP contribution in [0.3, 0.4) is 0 Å². The molecule has 0 heterocycles. The van der Waals surface area contributed by atoms with Gasteiger partial charge in [0.2, 0.25) is 5.91 Å². The molecule has 0 saturated carbocycles. The highest BCUT2D eigenvalue weighted by Gasteiger charge is 2.22. The molecule has 0 atom stereocenters. The number of rotatable bonds is 6. The molecule has 0 aromatic heterocycles. The van der Waals surface area contributed by atoms with Crippen LogP contribution in [0.4, 0.5) is 0 Å². The summed E-state index contributed by atoms with van der Waals surface area (Å²) in [7, 11) is 3.85. The molecule has 0 bridgehead atoms. The highest BCUT2D eigenvalue weighted by molar-refractivity contribution is 5.79. The van der Waals surface area contributed by atoms with Crippen LogP contribution in [-0.2, 0) is 4.79 Å². The molecule has 1 amide bonds. The molecule has 18 heavy (non-hydrogen) atoms. The van der Waals surface area contributed by atoms with Crippen molar-refractivity contribution in [3.63, 3.8) is 0 Å². The van der Waals surface area contributed by atoms with Crippen molar-refractivity contribution in [3.05, 3.63) is 11.8 Å². The van der Waals surface area contributed by atoms with E-state index in [1.165, 1.54) is 12.1 Å². The Morgan fingerprint density at radius 3 is 2.61 bits per heavy atom. The molecular formula is C14H27N3O. The molecule has 1 aliphatic carbocycles. The van der Waals surface area contributed by atoms with Gasteiger partial charge in [-0.3, -0.25) is 9.69 Å². The van der Waals surface area contributed by atoms with Gasteiger partial charge >= 0.3 is 0 Å². The lowest BCUT2D eigenvalue weighted by Gasteiger charge is -2.30. The summed E-state index contributed by atoms with van der Waals surface area (Å²) in [6.45, 7) is 6.17. The molecular weight excluding hydrogens is 226 g/mol. The Hall–Kier alpha value is -0.870. The molecule has 4 nitrogen and oxygen atoms in total. The lowest BCUT2D eigenvalue weighted by Crippen LogP contribution is -2.42. The normalized spacial score (nSPS) is 16.0. The minimum atomic E-state index is 0.0558. The predicted molar refractivity (Wildman–Crippen MR) is 75.0 cm³/mol. The van der Waals surface area contributed by atoms with Crippen molar-refractivity contribution in [2.45, 2.75) is 33.1 Å². The van der Waals surface area contributed by atoms with Crippen LogP contribution >= 0.6 is 0 Å². The van der Waals surface area contributed by atoms with Crippen LogP contribution < -0.4 is 5.73 Å². The van der Waals surface area contributed by atoms with E-state index in [2.05, 4.69) is 24.8 Å². The first-order valence-corrected chi connectivity index (χ1v) is 6.70. The maximum Gasteiger partial charge on any atom is 0.240 e. The third kappa shape index (κ3) is 4.42. The van der Waals surface area contributed by atoms with Gasteiger partial charge in [0.05, 0.1) is 6.54 Å². The van der Waals surface area contributed by atoms with E-state index in [9.17, 15) is 4.79 Å². The fraction of sp³-hybridized carbons (Fsp3) is 0.786. The second-order valence-corrected chi connectivity index (χ2v) is 6.08. The van der Waals surface area contributed by atoms with Gasteiger partial charge in [-0.25, -0.2) is 0 Å². The average molecular weight is 253 g/mol. The Morgan fingerprint density at radius 1 is 1.44 bits per heavy atom. The van der Waals surface area contributed by atoms with E-state index in [-0.39, 0.29) is 11.3 Å². The smallest absolute Gasteiger partial charge is 0.240 e. The molecule has 0 aliphatic heterocycles. The summed E-state index contributed by atoms with van der Waals surface area (Å²) in [5.74, 6) is 0.165. The van der Waals surface area contributed by atoms with Crippen LogP contribution in [0, 0.1) is 5.41 Å². The lowest BCUT2D eigenvalue weighted by atomic mass is 9.93. The molecule has 0 fully saturated rings. The SMILES string of the molecule is CN(CC(=O)N(C)C1=CCCC1)CC(C)(C)CN. The van der Waals surface area contributed by atoms with Gasteiger partial charge in [0.25, 0.3) is 0 Å². The monoisotopic (exact) mass is 253 g/mol. The van der Waals surface area contributed by atoms with Gasteiger partial charge in [-0.15, -0.1) is 0 Å². The first kappa shape index (κ1) is 15.2. The molecule has 2 N–H and O–H groups in total. The van der Waals surface area contributed by atoms with Crippen molar-refractivity contribution >= 4 is 5.91 Å². The number of amides is 1. The highest BCUT2D eigenvalue weighted by Crippen LogP contribution is 2.20. The lowest BCUT2D eigenvalue weighted by molar-refractivity contribution is -0.129. The van der Waals surface area contributed by atoms with Crippen LogP contribution in [0.1, 0.15) is 33.1 Å². The Balaban J connectivity index is 2.44. The fourth-order valence-electron chi connectivity index (χ4n) is 2.31. The first-order chi connectivity index (χ1) is 8.35. The van der Waals surface area contributed by atoms with E-state index in [0.717, 1.165) is 19.4 Å². The minimum Gasteiger partial charge on any atom is -0.330 e. The van der Waals surface area contributed by atoms with E-state index in [4.69, 9.17) is 5.73 Å². The molecule has 1 rings (SSSR count). The highest BCUT2D eigenvalue weighted by atomic mass is 16.2. The average Bonchev–Trinajstić information content (AvgIpc) is 2.80. The van der Waals surface area contributed by atoms with Crippen molar-refractivity contribution in [3.8, 4) is 0 Å². The first-order valence-electron chi connectivity index (χ1n) is 6.70. The van der Waals surface area contributed by atoms with Crippen molar-refractivity contribution < 1.29 is 4.79 Å². The Labute approximate surface area is 111 Å². The molecule has 104 valence electrons. The number of carbonyl (C=O) groups is 1. The van der Waals surface area contributed by atoms with Gasteiger partial charge in [-0.2, -0.15) is 0 Å². The number of likely N-dealkylation sites (N-methyl/N-ethyl adjacent to an activating group) is 2. The molecule has 4 heteroatoms. The number of carbonyl (C=O) groups excluding carboxylic acids is 1. The Kier molecular flexibility index (Phi) is 5.35. The molecule has 0 saturated heterocycles. The number of hydrogen-bond acceptors (Lipinski definition) is 3. The van der Waals surface area contributed by atoms with Gasteiger partial charge in [0.1, 0.15) is 0 Å². The molecule has 0 spiro atoms. The summed E-state index contributed by atoms with van der Waals surface area (Å²) < 4.78 is 0. The number of nitrogens with zero attached hydrogens (tertiary/aromatic N) is 2. The Morgan fingerprint density at radius 2 is 2.11 bits per heavy atom. The van der Waals surface area contributed by atoms with Crippen molar-refractivity contribution in [1.82, 2.24) is 9.80 Å². The van der Waals surface area contributed by atoms with Crippen LogP contribution in [0.2, 0.25) is 0 Å². The molecule has 0 radical (unpaired) electrons.